The Morgan fingerprint density at radius 3 is 2.58 bits per heavy atom. The number of anilines is 1. The molecular weight excluding hydrogens is 375 g/mol. The minimum atomic E-state index is -0.345. The van der Waals surface area contributed by atoms with Crippen molar-refractivity contribution >= 4 is 41.6 Å². The standard InChI is InChI=1S/C18H27ClN4O2.ClH/c1-11-10-20-8-7-15(11)22-16(24)13-9-12(5-6-14(13)19)21-17(25)23-18(2,3)4;/h5-6,9,11,15,20H,7-8,10H2,1-4H3,(H,22,24)(H2,21,23,25);1H. The molecule has 26 heavy (non-hydrogen) atoms. The number of amides is 3. The van der Waals surface area contributed by atoms with Gasteiger partial charge in [0.2, 0.25) is 0 Å². The molecule has 0 saturated carbocycles. The van der Waals surface area contributed by atoms with Crippen LogP contribution < -0.4 is 21.3 Å². The monoisotopic (exact) mass is 402 g/mol. The molecule has 3 amide bonds. The first-order chi connectivity index (χ1) is 11.7. The summed E-state index contributed by atoms with van der Waals surface area (Å²) in [4.78, 5) is 24.6. The number of nitrogens with one attached hydrogen (secondary N) is 4. The smallest absolute Gasteiger partial charge is 0.319 e. The minimum Gasteiger partial charge on any atom is -0.349 e. The van der Waals surface area contributed by atoms with E-state index in [-0.39, 0.29) is 35.9 Å². The van der Waals surface area contributed by atoms with Crippen molar-refractivity contribution in [2.24, 2.45) is 5.92 Å². The average molecular weight is 403 g/mol. The fourth-order valence-corrected chi connectivity index (χ4v) is 2.96. The summed E-state index contributed by atoms with van der Waals surface area (Å²) in [5.41, 5.74) is 0.539. The predicted octanol–water partition coefficient (Wildman–Crippen LogP) is 3.41. The largest absolute Gasteiger partial charge is 0.349 e. The molecule has 1 aliphatic heterocycles. The van der Waals surface area contributed by atoms with Gasteiger partial charge in [-0.2, -0.15) is 0 Å². The van der Waals surface area contributed by atoms with Crippen LogP contribution in [-0.2, 0) is 0 Å². The van der Waals surface area contributed by atoms with E-state index in [1.54, 1.807) is 18.2 Å². The Morgan fingerprint density at radius 2 is 1.96 bits per heavy atom. The van der Waals surface area contributed by atoms with Crippen LogP contribution in [0.3, 0.4) is 0 Å². The molecule has 146 valence electrons. The highest BCUT2D eigenvalue weighted by Crippen LogP contribution is 2.22. The predicted molar refractivity (Wildman–Crippen MR) is 109 cm³/mol. The SMILES string of the molecule is CC1CNCCC1NC(=O)c1cc(NC(=O)NC(C)(C)C)ccc1Cl.Cl. The number of halogens is 2. The first-order valence-electron chi connectivity index (χ1n) is 8.56. The molecule has 4 N–H and O–H groups in total. The van der Waals surface area contributed by atoms with Gasteiger partial charge in [0.05, 0.1) is 10.6 Å². The molecule has 1 saturated heterocycles. The lowest BCUT2D eigenvalue weighted by Crippen LogP contribution is -2.48. The number of urea groups is 1. The average Bonchev–Trinajstić information content (AvgIpc) is 2.49. The maximum absolute atomic E-state index is 12.6. The van der Waals surface area contributed by atoms with Crippen LogP contribution in [0.25, 0.3) is 0 Å². The summed E-state index contributed by atoms with van der Waals surface area (Å²) >= 11 is 6.19. The molecular formula is C18H28Cl2N4O2. The highest BCUT2D eigenvalue weighted by atomic mass is 35.5. The van der Waals surface area contributed by atoms with Gasteiger partial charge in [0, 0.05) is 17.3 Å². The van der Waals surface area contributed by atoms with Gasteiger partial charge in [0.15, 0.2) is 0 Å². The summed E-state index contributed by atoms with van der Waals surface area (Å²) in [5, 5.41) is 12.3. The molecule has 2 atom stereocenters. The van der Waals surface area contributed by atoms with Crippen LogP contribution in [0.5, 0.6) is 0 Å². The first-order valence-corrected chi connectivity index (χ1v) is 8.94. The van der Waals surface area contributed by atoms with Crippen LogP contribution in [0.15, 0.2) is 18.2 Å². The van der Waals surface area contributed by atoms with Gasteiger partial charge in [-0.1, -0.05) is 18.5 Å². The molecule has 0 aromatic heterocycles. The summed E-state index contributed by atoms with van der Waals surface area (Å²) in [5.74, 6) is 0.138. The molecule has 0 bridgehead atoms. The molecule has 2 rings (SSSR count). The fourth-order valence-electron chi connectivity index (χ4n) is 2.75. The number of hydrogen-bond acceptors (Lipinski definition) is 3. The molecule has 1 aliphatic rings. The Balaban J connectivity index is 0.00000338. The maximum atomic E-state index is 12.6. The zero-order valence-corrected chi connectivity index (χ0v) is 17.2. The van der Waals surface area contributed by atoms with E-state index < -0.39 is 0 Å². The van der Waals surface area contributed by atoms with E-state index in [4.69, 9.17) is 11.6 Å². The highest BCUT2D eigenvalue weighted by Gasteiger charge is 2.24. The molecule has 1 heterocycles. The van der Waals surface area contributed by atoms with Crippen LogP contribution >= 0.6 is 24.0 Å². The second-order valence-electron chi connectivity index (χ2n) is 7.57. The van der Waals surface area contributed by atoms with Gasteiger partial charge in [-0.15, -0.1) is 12.4 Å². The lowest BCUT2D eigenvalue weighted by Gasteiger charge is -2.30. The summed E-state index contributed by atoms with van der Waals surface area (Å²) in [6.07, 6.45) is 0.885. The lowest BCUT2D eigenvalue weighted by molar-refractivity contribution is 0.0914. The van der Waals surface area contributed by atoms with E-state index in [1.165, 1.54) is 0 Å². The third-order valence-corrected chi connectivity index (χ3v) is 4.39. The van der Waals surface area contributed by atoms with E-state index in [9.17, 15) is 9.59 Å². The van der Waals surface area contributed by atoms with Crippen LogP contribution in [0.1, 0.15) is 44.5 Å². The maximum Gasteiger partial charge on any atom is 0.319 e. The van der Waals surface area contributed by atoms with Crippen molar-refractivity contribution in [2.75, 3.05) is 18.4 Å². The fraction of sp³-hybridized carbons (Fsp3) is 0.556. The molecule has 1 aromatic carbocycles. The molecule has 2 unspecified atom stereocenters. The van der Waals surface area contributed by atoms with Gasteiger partial charge >= 0.3 is 6.03 Å². The van der Waals surface area contributed by atoms with Crippen LogP contribution in [0.2, 0.25) is 5.02 Å². The van der Waals surface area contributed by atoms with Crippen LogP contribution in [-0.4, -0.2) is 36.6 Å². The molecule has 1 fully saturated rings. The Labute approximate surface area is 166 Å². The van der Waals surface area contributed by atoms with Gasteiger partial charge in [-0.3, -0.25) is 4.79 Å². The number of benzene rings is 1. The molecule has 0 aliphatic carbocycles. The van der Waals surface area contributed by atoms with Crippen molar-refractivity contribution in [3.05, 3.63) is 28.8 Å². The Kier molecular flexibility index (Phi) is 8.18. The van der Waals surface area contributed by atoms with Crippen molar-refractivity contribution in [1.82, 2.24) is 16.0 Å². The lowest BCUT2D eigenvalue weighted by atomic mass is 9.95. The van der Waals surface area contributed by atoms with Crippen molar-refractivity contribution < 1.29 is 9.59 Å². The second kappa shape index (κ2) is 9.44. The molecule has 0 spiro atoms. The third kappa shape index (κ3) is 6.67. The summed E-state index contributed by atoms with van der Waals surface area (Å²) in [7, 11) is 0. The third-order valence-electron chi connectivity index (χ3n) is 4.06. The van der Waals surface area contributed by atoms with E-state index in [2.05, 4.69) is 28.2 Å². The van der Waals surface area contributed by atoms with Crippen molar-refractivity contribution in [2.45, 2.75) is 45.7 Å². The van der Waals surface area contributed by atoms with E-state index in [0.717, 1.165) is 19.5 Å². The van der Waals surface area contributed by atoms with Gasteiger partial charge in [0.25, 0.3) is 5.91 Å². The molecule has 6 nitrogen and oxygen atoms in total. The number of carbonyl (C=O) groups excluding carboxylic acids is 2. The van der Waals surface area contributed by atoms with E-state index in [0.29, 0.717) is 22.2 Å². The summed E-state index contributed by atoms with van der Waals surface area (Å²) in [6, 6.07) is 4.69. The summed E-state index contributed by atoms with van der Waals surface area (Å²) in [6.45, 7) is 9.56. The normalized spacial score (nSPS) is 19.9. The summed E-state index contributed by atoms with van der Waals surface area (Å²) < 4.78 is 0. The van der Waals surface area contributed by atoms with Gasteiger partial charge in [-0.25, -0.2) is 4.79 Å². The van der Waals surface area contributed by atoms with Gasteiger partial charge in [0.1, 0.15) is 0 Å². The molecule has 1 aromatic rings. The second-order valence-corrected chi connectivity index (χ2v) is 7.98. The Bertz CT molecular complexity index is 647. The zero-order chi connectivity index (χ0) is 18.6. The number of piperidine rings is 1. The van der Waals surface area contributed by atoms with Crippen molar-refractivity contribution in [3.63, 3.8) is 0 Å². The van der Waals surface area contributed by atoms with Crippen LogP contribution in [0, 0.1) is 5.92 Å². The van der Waals surface area contributed by atoms with E-state index in [1.807, 2.05) is 20.8 Å². The van der Waals surface area contributed by atoms with Crippen molar-refractivity contribution in [1.29, 1.82) is 0 Å². The van der Waals surface area contributed by atoms with Crippen LogP contribution in [0.4, 0.5) is 10.5 Å². The quantitative estimate of drug-likeness (QED) is 0.624. The molecule has 0 radical (unpaired) electrons. The number of rotatable bonds is 3. The Hall–Kier alpha value is -1.50. The molecule has 8 heteroatoms. The number of carbonyl (C=O) groups is 2. The zero-order valence-electron chi connectivity index (χ0n) is 15.6. The topological polar surface area (TPSA) is 82.3 Å². The Morgan fingerprint density at radius 1 is 1.27 bits per heavy atom. The van der Waals surface area contributed by atoms with E-state index >= 15 is 0 Å². The van der Waals surface area contributed by atoms with Gasteiger partial charge in [-0.05, 0) is 64.4 Å². The minimum absolute atomic E-state index is 0. The first kappa shape index (κ1) is 22.5. The number of hydrogen-bond donors (Lipinski definition) is 4. The highest BCUT2D eigenvalue weighted by molar-refractivity contribution is 6.34. The van der Waals surface area contributed by atoms with Crippen molar-refractivity contribution in [3.8, 4) is 0 Å². The van der Waals surface area contributed by atoms with Gasteiger partial charge < -0.3 is 21.3 Å².